The molecule has 98 valence electrons. The molecule has 4 amide bonds. The van der Waals surface area contributed by atoms with Gasteiger partial charge in [0.15, 0.2) is 0 Å². The molecule has 8 nitrogen and oxygen atoms in total. The number of imide groups is 2. The zero-order chi connectivity index (χ0) is 13.8. The number of nitrogens with one attached hydrogen (secondary N) is 2. The summed E-state index contributed by atoms with van der Waals surface area (Å²) in [6, 6.07) is 4.35. The molecule has 0 spiro atoms. The Labute approximate surface area is 107 Å². The number of rotatable bonds is 3. The Hall–Kier alpha value is -2.77. The van der Waals surface area contributed by atoms with Gasteiger partial charge in [0.25, 0.3) is 11.8 Å². The Kier molecular flexibility index (Phi) is 3.51. The summed E-state index contributed by atoms with van der Waals surface area (Å²) in [6.07, 6.45) is 0. The molecule has 2 N–H and O–H groups in total. The third-order valence-electron chi connectivity index (χ3n) is 2.33. The van der Waals surface area contributed by atoms with E-state index >= 15 is 0 Å². The smallest absolute Gasteiger partial charge is 0.328 e. The number of methoxy groups -OCH3 is 1. The van der Waals surface area contributed by atoms with Crippen molar-refractivity contribution in [2.45, 2.75) is 6.04 Å². The van der Waals surface area contributed by atoms with Gasteiger partial charge >= 0.3 is 6.03 Å². The van der Waals surface area contributed by atoms with Gasteiger partial charge in [0.1, 0.15) is 5.75 Å². The summed E-state index contributed by atoms with van der Waals surface area (Å²) >= 11 is 0. The number of ether oxygens (including phenoxy) is 1. The fourth-order valence-corrected chi connectivity index (χ4v) is 1.39. The topological polar surface area (TPSA) is 109 Å². The maximum Gasteiger partial charge on any atom is 0.328 e. The lowest BCUT2D eigenvalue weighted by Gasteiger charge is -2.16. The molecule has 1 aromatic rings. The number of carbonyl (C=O) groups is 3. The molecular formula is C11H10N4O4. The van der Waals surface area contributed by atoms with Crippen LogP contribution in [-0.2, 0) is 9.59 Å². The van der Waals surface area contributed by atoms with Crippen LogP contribution in [0, 0.1) is 0 Å². The lowest BCUT2D eigenvalue weighted by molar-refractivity contribution is -0.131. The number of hydrogen-bond donors (Lipinski definition) is 2. The van der Waals surface area contributed by atoms with E-state index in [0.29, 0.717) is 11.4 Å². The average Bonchev–Trinajstić information content (AvgIpc) is 2.38. The van der Waals surface area contributed by atoms with Crippen molar-refractivity contribution in [3.05, 3.63) is 24.3 Å². The third-order valence-corrected chi connectivity index (χ3v) is 2.33. The van der Waals surface area contributed by atoms with E-state index in [1.807, 2.05) is 10.6 Å². The van der Waals surface area contributed by atoms with Gasteiger partial charge in [-0.05, 0) is 24.3 Å². The Balaban J connectivity index is 2.10. The summed E-state index contributed by atoms with van der Waals surface area (Å²) in [5.74, 6) is -0.949. The van der Waals surface area contributed by atoms with Crippen LogP contribution in [0.3, 0.4) is 0 Å². The minimum absolute atomic E-state index is 0.457. The van der Waals surface area contributed by atoms with Crippen molar-refractivity contribution in [1.29, 1.82) is 0 Å². The second-order valence-electron chi connectivity index (χ2n) is 3.62. The highest BCUT2D eigenvalue weighted by atomic mass is 16.5. The van der Waals surface area contributed by atoms with Gasteiger partial charge in [-0.25, -0.2) is 4.79 Å². The number of urea groups is 1. The molecule has 0 unspecified atom stereocenters. The molecule has 8 heteroatoms. The first-order valence-corrected chi connectivity index (χ1v) is 5.31. The molecule has 1 aromatic carbocycles. The van der Waals surface area contributed by atoms with Crippen LogP contribution in [-0.4, -0.2) is 31.0 Å². The van der Waals surface area contributed by atoms with Gasteiger partial charge in [0.05, 0.1) is 12.8 Å². The van der Waals surface area contributed by atoms with E-state index in [0.717, 1.165) is 0 Å². The first-order chi connectivity index (χ1) is 9.10. The van der Waals surface area contributed by atoms with Gasteiger partial charge < -0.3 is 4.74 Å². The van der Waals surface area contributed by atoms with E-state index in [-0.39, 0.29) is 0 Å². The molecule has 0 radical (unpaired) electrons. The molecule has 0 aromatic heterocycles. The molecule has 1 saturated heterocycles. The molecule has 2 rings (SSSR count). The van der Waals surface area contributed by atoms with Crippen molar-refractivity contribution in [1.82, 2.24) is 10.6 Å². The zero-order valence-corrected chi connectivity index (χ0v) is 9.91. The van der Waals surface area contributed by atoms with Crippen molar-refractivity contribution < 1.29 is 19.1 Å². The van der Waals surface area contributed by atoms with Crippen LogP contribution >= 0.6 is 0 Å². The monoisotopic (exact) mass is 262 g/mol. The van der Waals surface area contributed by atoms with Crippen LogP contribution in [0.1, 0.15) is 0 Å². The van der Waals surface area contributed by atoms with Gasteiger partial charge in [-0.2, -0.15) is 10.2 Å². The fraction of sp³-hybridized carbons (Fsp3) is 0.182. The van der Waals surface area contributed by atoms with Gasteiger partial charge in [0, 0.05) is 0 Å². The van der Waals surface area contributed by atoms with E-state index in [2.05, 4.69) is 10.2 Å². The number of nitrogens with zero attached hydrogens (tertiary/aromatic N) is 2. The Morgan fingerprint density at radius 1 is 1.05 bits per heavy atom. The van der Waals surface area contributed by atoms with E-state index in [1.54, 1.807) is 24.3 Å². The predicted molar refractivity (Wildman–Crippen MR) is 63.0 cm³/mol. The van der Waals surface area contributed by atoms with Crippen molar-refractivity contribution in [2.75, 3.05) is 7.11 Å². The lowest BCUT2D eigenvalue weighted by Crippen LogP contribution is -2.57. The van der Waals surface area contributed by atoms with Crippen molar-refractivity contribution in [3.63, 3.8) is 0 Å². The Morgan fingerprint density at radius 3 is 2.16 bits per heavy atom. The summed E-state index contributed by atoms with van der Waals surface area (Å²) in [5.41, 5.74) is 0.457. The number of amides is 4. The fourth-order valence-electron chi connectivity index (χ4n) is 1.39. The van der Waals surface area contributed by atoms with Crippen molar-refractivity contribution in [3.8, 4) is 5.75 Å². The standard InChI is InChI=1S/C11H10N4O4/c1-19-7-4-2-6(3-5-7)14-15-8-9(16)12-11(18)13-10(8)17/h2-5,8H,1H3,(H2,12,13,16,17,18). The van der Waals surface area contributed by atoms with Gasteiger partial charge in [0.2, 0.25) is 6.04 Å². The van der Waals surface area contributed by atoms with Crippen LogP contribution in [0.4, 0.5) is 10.5 Å². The Bertz CT molecular complexity index is 532. The number of hydrogen-bond acceptors (Lipinski definition) is 6. The van der Waals surface area contributed by atoms with Gasteiger partial charge in [-0.1, -0.05) is 0 Å². The highest BCUT2D eigenvalue weighted by molar-refractivity contribution is 6.18. The number of benzene rings is 1. The molecule has 1 fully saturated rings. The molecule has 0 saturated carbocycles. The van der Waals surface area contributed by atoms with Crippen LogP contribution in [0.15, 0.2) is 34.5 Å². The molecule has 0 aliphatic carbocycles. The van der Waals surface area contributed by atoms with Crippen molar-refractivity contribution in [2.24, 2.45) is 10.2 Å². The number of barbiturate groups is 1. The molecular weight excluding hydrogens is 252 g/mol. The summed E-state index contributed by atoms with van der Waals surface area (Å²) < 4.78 is 4.97. The minimum Gasteiger partial charge on any atom is -0.497 e. The van der Waals surface area contributed by atoms with E-state index in [1.165, 1.54) is 7.11 Å². The largest absolute Gasteiger partial charge is 0.497 e. The average molecular weight is 262 g/mol. The van der Waals surface area contributed by atoms with Crippen molar-refractivity contribution >= 4 is 23.5 Å². The first-order valence-electron chi connectivity index (χ1n) is 5.31. The zero-order valence-electron chi connectivity index (χ0n) is 9.91. The summed E-state index contributed by atoms with van der Waals surface area (Å²) in [7, 11) is 1.53. The highest BCUT2D eigenvalue weighted by Gasteiger charge is 2.34. The quantitative estimate of drug-likeness (QED) is 0.611. The van der Waals surface area contributed by atoms with Crippen LogP contribution in [0.2, 0.25) is 0 Å². The predicted octanol–water partition coefficient (Wildman–Crippen LogP) is 0.513. The maximum atomic E-state index is 11.4. The summed E-state index contributed by atoms with van der Waals surface area (Å²) in [5, 5.41) is 11.2. The molecule has 1 aliphatic heterocycles. The van der Waals surface area contributed by atoms with E-state index in [4.69, 9.17) is 4.74 Å². The van der Waals surface area contributed by atoms with E-state index < -0.39 is 23.9 Å². The maximum absolute atomic E-state index is 11.4. The minimum atomic E-state index is -1.36. The molecule has 1 heterocycles. The number of azo groups is 1. The van der Waals surface area contributed by atoms with E-state index in [9.17, 15) is 14.4 Å². The van der Waals surface area contributed by atoms with Gasteiger partial charge in [-0.15, -0.1) is 0 Å². The second kappa shape index (κ2) is 5.25. The lowest BCUT2D eigenvalue weighted by atomic mass is 10.2. The van der Waals surface area contributed by atoms with Crippen LogP contribution in [0.25, 0.3) is 0 Å². The molecule has 0 atom stereocenters. The van der Waals surface area contributed by atoms with Gasteiger partial charge in [-0.3, -0.25) is 20.2 Å². The molecule has 1 aliphatic rings. The van der Waals surface area contributed by atoms with Crippen LogP contribution < -0.4 is 15.4 Å². The molecule has 0 bridgehead atoms. The van der Waals surface area contributed by atoms with Crippen LogP contribution in [0.5, 0.6) is 5.75 Å². The molecule has 19 heavy (non-hydrogen) atoms. The normalized spacial score (nSPS) is 16.4. The summed E-state index contributed by atoms with van der Waals surface area (Å²) in [6.45, 7) is 0. The third kappa shape index (κ3) is 2.92. The second-order valence-corrected chi connectivity index (χ2v) is 3.62. The highest BCUT2D eigenvalue weighted by Crippen LogP contribution is 2.18. The number of carbonyl (C=O) groups excluding carboxylic acids is 3. The first kappa shape index (κ1) is 12.7. The summed E-state index contributed by atoms with van der Waals surface area (Å²) in [4.78, 5) is 33.6. The SMILES string of the molecule is COc1ccc(N=NC2C(=O)NC(=O)NC2=O)cc1. The Morgan fingerprint density at radius 2 is 1.63 bits per heavy atom.